The van der Waals surface area contributed by atoms with Gasteiger partial charge in [-0.25, -0.2) is 0 Å². The van der Waals surface area contributed by atoms with Gasteiger partial charge in [-0.2, -0.15) is 0 Å². The molecule has 2 nitrogen and oxygen atoms in total. The lowest BCUT2D eigenvalue weighted by Gasteiger charge is -2.20. The van der Waals surface area contributed by atoms with Crippen molar-refractivity contribution in [2.75, 3.05) is 6.54 Å². The predicted molar refractivity (Wildman–Crippen MR) is 66.5 cm³/mol. The number of hydrogen-bond acceptors (Lipinski definition) is 2. The highest BCUT2D eigenvalue weighted by atomic mass is 16.3. The van der Waals surface area contributed by atoms with Crippen LogP contribution < -0.4 is 5.32 Å². The second kappa shape index (κ2) is 4.56. The summed E-state index contributed by atoms with van der Waals surface area (Å²) in [6.45, 7) is 5.83. The second-order valence-corrected chi connectivity index (χ2v) is 5.34. The van der Waals surface area contributed by atoms with Gasteiger partial charge in [-0.15, -0.1) is 0 Å². The van der Waals surface area contributed by atoms with E-state index < -0.39 is 5.60 Å². The molecular formula is C14H21NO. The molecule has 1 aromatic rings. The minimum atomic E-state index is -0.558. The van der Waals surface area contributed by atoms with Crippen molar-refractivity contribution in [1.29, 1.82) is 0 Å². The highest BCUT2D eigenvalue weighted by Gasteiger charge is 2.13. The molecule has 0 fully saturated rings. The van der Waals surface area contributed by atoms with Crippen LogP contribution in [0, 0.1) is 0 Å². The molecular weight excluding hydrogens is 198 g/mol. The first-order valence-electron chi connectivity index (χ1n) is 6.08. The van der Waals surface area contributed by atoms with Gasteiger partial charge >= 0.3 is 0 Å². The van der Waals surface area contributed by atoms with Crippen molar-refractivity contribution in [2.45, 2.75) is 45.3 Å². The number of benzene rings is 1. The van der Waals surface area contributed by atoms with Gasteiger partial charge in [0.15, 0.2) is 0 Å². The SMILES string of the molecule is CC(C)(O)CCc1ccc2c(c1)CCNC2. The molecule has 1 aliphatic rings. The zero-order chi connectivity index (χ0) is 11.6. The monoisotopic (exact) mass is 219 g/mol. The van der Waals surface area contributed by atoms with Crippen LogP contribution in [0.3, 0.4) is 0 Å². The maximum atomic E-state index is 9.71. The van der Waals surface area contributed by atoms with E-state index in [1.165, 1.54) is 16.7 Å². The fraction of sp³-hybridized carbons (Fsp3) is 0.571. The number of fused-ring (bicyclic) bond motifs is 1. The van der Waals surface area contributed by atoms with E-state index in [-0.39, 0.29) is 0 Å². The Kier molecular flexibility index (Phi) is 3.31. The molecule has 0 amide bonds. The molecule has 0 saturated heterocycles. The van der Waals surface area contributed by atoms with Crippen LogP contribution in [0.4, 0.5) is 0 Å². The van der Waals surface area contributed by atoms with Gasteiger partial charge in [0.05, 0.1) is 5.60 Å². The van der Waals surface area contributed by atoms with Gasteiger partial charge in [0.25, 0.3) is 0 Å². The number of aliphatic hydroxyl groups is 1. The molecule has 0 aromatic heterocycles. The van der Waals surface area contributed by atoms with Crippen molar-refractivity contribution in [3.8, 4) is 0 Å². The summed E-state index contributed by atoms with van der Waals surface area (Å²) in [5, 5.41) is 13.1. The lowest BCUT2D eigenvalue weighted by Crippen LogP contribution is -2.24. The van der Waals surface area contributed by atoms with E-state index in [9.17, 15) is 5.11 Å². The average molecular weight is 219 g/mol. The first-order valence-corrected chi connectivity index (χ1v) is 6.08. The molecule has 0 spiro atoms. The summed E-state index contributed by atoms with van der Waals surface area (Å²) >= 11 is 0. The van der Waals surface area contributed by atoms with E-state index in [1.54, 1.807) is 0 Å². The first kappa shape index (κ1) is 11.6. The Balaban J connectivity index is 2.06. The lowest BCUT2D eigenvalue weighted by molar-refractivity contribution is 0.0714. The number of nitrogens with one attached hydrogen (secondary N) is 1. The van der Waals surface area contributed by atoms with E-state index in [2.05, 4.69) is 23.5 Å². The summed E-state index contributed by atoms with van der Waals surface area (Å²) < 4.78 is 0. The third kappa shape index (κ3) is 3.06. The normalized spacial score (nSPS) is 15.9. The molecule has 0 aliphatic carbocycles. The topological polar surface area (TPSA) is 32.3 Å². The zero-order valence-corrected chi connectivity index (χ0v) is 10.2. The molecule has 0 unspecified atom stereocenters. The summed E-state index contributed by atoms with van der Waals surface area (Å²) in [6.07, 6.45) is 2.92. The smallest absolute Gasteiger partial charge is 0.0594 e. The maximum absolute atomic E-state index is 9.71. The Morgan fingerprint density at radius 3 is 2.88 bits per heavy atom. The van der Waals surface area contributed by atoms with E-state index in [0.29, 0.717) is 0 Å². The minimum absolute atomic E-state index is 0.558. The second-order valence-electron chi connectivity index (χ2n) is 5.34. The quantitative estimate of drug-likeness (QED) is 0.815. The molecule has 16 heavy (non-hydrogen) atoms. The third-order valence-electron chi connectivity index (χ3n) is 3.18. The molecule has 1 aromatic carbocycles. The highest BCUT2D eigenvalue weighted by Crippen LogP contribution is 2.19. The number of hydrogen-bond donors (Lipinski definition) is 2. The summed E-state index contributed by atoms with van der Waals surface area (Å²) in [4.78, 5) is 0. The summed E-state index contributed by atoms with van der Waals surface area (Å²) in [5.41, 5.74) is 3.70. The summed E-state index contributed by atoms with van der Waals surface area (Å²) in [5.74, 6) is 0. The summed E-state index contributed by atoms with van der Waals surface area (Å²) in [7, 11) is 0. The fourth-order valence-corrected chi connectivity index (χ4v) is 2.14. The van der Waals surface area contributed by atoms with Crippen LogP contribution in [0.25, 0.3) is 0 Å². The van der Waals surface area contributed by atoms with Crippen molar-refractivity contribution < 1.29 is 5.11 Å². The van der Waals surface area contributed by atoms with Gasteiger partial charge in [0.1, 0.15) is 0 Å². The molecule has 88 valence electrons. The van der Waals surface area contributed by atoms with E-state index in [0.717, 1.165) is 32.4 Å². The van der Waals surface area contributed by atoms with Gasteiger partial charge in [-0.3, -0.25) is 0 Å². The van der Waals surface area contributed by atoms with Crippen LogP contribution in [-0.4, -0.2) is 17.3 Å². The largest absolute Gasteiger partial charge is 0.390 e. The molecule has 0 radical (unpaired) electrons. The zero-order valence-electron chi connectivity index (χ0n) is 10.2. The van der Waals surface area contributed by atoms with Gasteiger partial charge in [0, 0.05) is 6.54 Å². The molecule has 1 aliphatic heterocycles. The van der Waals surface area contributed by atoms with Crippen molar-refractivity contribution in [3.63, 3.8) is 0 Å². The number of rotatable bonds is 3. The Morgan fingerprint density at radius 1 is 1.31 bits per heavy atom. The standard InChI is InChI=1S/C14H21NO/c1-14(2,16)7-5-11-3-4-13-10-15-8-6-12(13)9-11/h3-4,9,15-16H,5-8,10H2,1-2H3. The molecule has 1 heterocycles. The molecule has 2 rings (SSSR count). The molecule has 0 atom stereocenters. The Morgan fingerprint density at radius 2 is 2.12 bits per heavy atom. The molecule has 2 N–H and O–H groups in total. The lowest BCUT2D eigenvalue weighted by atomic mass is 9.94. The van der Waals surface area contributed by atoms with Crippen LogP contribution in [-0.2, 0) is 19.4 Å². The maximum Gasteiger partial charge on any atom is 0.0594 e. The molecule has 2 heteroatoms. The van der Waals surface area contributed by atoms with Gasteiger partial charge < -0.3 is 10.4 Å². The van der Waals surface area contributed by atoms with Crippen molar-refractivity contribution >= 4 is 0 Å². The van der Waals surface area contributed by atoms with Crippen LogP contribution in [0.2, 0.25) is 0 Å². The predicted octanol–water partition coefficient (Wildman–Crippen LogP) is 2.04. The van der Waals surface area contributed by atoms with Crippen molar-refractivity contribution in [1.82, 2.24) is 5.32 Å². The van der Waals surface area contributed by atoms with Crippen molar-refractivity contribution in [2.24, 2.45) is 0 Å². The Hall–Kier alpha value is -0.860. The third-order valence-corrected chi connectivity index (χ3v) is 3.18. The first-order chi connectivity index (χ1) is 7.54. The molecule has 0 bridgehead atoms. The Labute approximate surface area is 97.7 Å². The van der Waals surface area contributed by atoms with Gasteiger partial charge in [-0.05, 0) is 56.3 Å². The van der Waals surface area contributed by atoms with E-state index in [1.807, 2.05) is 13.8 Å². The van der Waals surface area contributed by atoms with Gasteiger partial charge in [-0.1, -0.05) is 18.2 Å². The minimum Gasteiger partial charge on any atom is -0.390 e. The highest BCUT2D eigenvalue weighted by molar-refractivity contribution is 5.33. The summed E-state index contributed by atoms with van der Waals surface area (Å²) in [6, 6.07) is 6.72. The Bertz CT molecular complexity index is 365. The molecule has 0 saturated carbocycles. The number of aryl methyl sites for hydroxylation is 1. The van der Waals surface area contributed by atoms with Crippen LogP contribution >= 0.6 is 0 Å². The van der Waals surface area contributed by atoms with Crippen LogP contribution in [0.15, 0.2) is 18.2 Å². The van der Waals surface area contributed by atoms with Crippen LogP contribution in [0.5, 0.6) is 0 Å². The van der Waals surface area contributed by atoms with E-state index >= 15 is 0 Å². The van der Waals surface area contributed by atoms with E-state index in [4.69, 9.17) is 0 Å². The van der Waals surface area contributed by atoms with Crippen LogP contribution in [0.1, 0.15) is 37.0 Å². The average Bonchev–Trinajstić information content (AvgIpc) is 2.25. The van der Waals surface area contributed by atoms with Gasteiger partial charge in [0.2, 0.25) is 0 Å². The van der Waals surface area contributed by atoms with Crippen molar-refractivity contribution in [3.05, 3.63) is 34.9 Å². The fourth-order valence-electron chi connectivity index (χ4n) is 2.14.